The number of carbonyl (C=O) groups excluding carboxylic acids is 2. The standard InChI is InChI=1S/C17H15ClO5/c1-21-13-8-12(9-14(10-13)22-2)15(19)16(23-17(18)20)11-6-4-3-5-7-11/h3-10,16H,1-2H3. The molecule has 0 heterocycles. The average Bonchev–Trinajstić information content (AvgIpc) is 2.59. The number of halogens is 1. The van der Waals surface area contributed by atoms with Gasteiger partial charge in [0, 0.05) is 28.8 Å². The van der Waals surface area contributed by atoms with Gasteiger partial charge in [0.15, 0.2) is 6.10 Å². The molecule has 0 aliphatic carbocycles. The zero-order chi connectivity index (χ0) is 16.8. The first-order valence-corrected chi connectivity index (χ1v) is 7.11. The Kier molecular flexibility index (Phi) is 5.60. The number of rotatable bonds is 6. The Hall–Kier alpha value is -2.53. The Morgan fingerprint density at radius 3 is 2.00 bits per heavy atom. The number of hydrogen-bond donors (Lipinski definition) is 0. The van der Waals surface area contributed by atoms with Gasteiger partial charge in [0.25, 0.3) is 0 Å². The van der Waals surface area contributed by atoms with Crippen LogP contribution in [-0.4, -0.2) is 25.4 Å². The number of ether oxygens (including phenoxy) is 3. The molecule has 5 nitrogen and oxygen atoms in total. The minimum atomic E-state index is -1.14. The summed E-state index contributed by atoms with van der Waals surface area (Å²) in [7, 11) is 2.97. The molecule has 0 aliphatic heterocycles. The lowest BCUT2D eigenvalue weighted by Crippen LogP contribution is -2.17. The van der Waals surface area contributed by atoms with Crippen molar-refractivity contribution in [2.45, 2.75) is 6.10 Å². The van der Waals surface area contributed by atoms with Gasteiger partial charge in [-0.25, -0.2) is 4.79 Å². The molecule has 0 aliphatic rings. The van der Waals surface area contributed by atoms with Crippen molar-refractivity contribution in [2.75, 3.05) is 14.2 Å². The van der Waals surface area contributed by atoms with Crippen LogP contribution in [0.4, 0.5) is 4.79 Å². The second kappa shape index (κ2) is 7.65. The molecule has 2 aromatic rings. The molecular weight excluding hydrogens is 320 g/mol. The highest BCUT2D eigenvalue weighted by Crippen LogP contribution is 2.28. The third-order valence-electron chi connectivity index (χ3n) is 3.19. The van der Waals surface area contributed by atoms with Crippen LogP contribution in [0.1, 0.15) is 22.0 Å². The zero-order valence-corrected chi connectivity index (χ0v) is 13.4. The maximum atomic E-state index is 12.8. The van der Waals surface area contributed by atoms with Crippen molar-refractivity contribution in [1.29, 1.82) is 0 Å². The number of hydrogen-bond acceptors (Lipinski definition) is 5. The molecule has 1 atom stereocenters. The highest BCUT2D eigenvalue weighted by molar-refractivity contribution is 6.61. The van der Waals surface area contributed by atoms with Crippen molar-refractivity contribution < 1.29 is 23.8 Å². The second-order valence-corrected chi connectivity index (χ2v) is 4.92. The maximum absolute atomic E-state index is 12.8. The first-order chi connectivity index (χ1) is 11.0. The fourth-order valence-corrected chi connectivity index (χ4v) is 2.18. The second-order valence-electron chi connectivity index (χ2n) is 4.61. The first kappa shape index (κ1) is 16.8. The van der Waals surface area contributed by atoms with Crippen LogP contribution in [0, 0.1) is 0 Å². The largest absolute Gasteiger partial charge is 0.497 e. The van der Waals surface area contributed by atoms with Crippen molar-refractivity contribution in [1.82, 2.24) is 0 Å². The van der Waals surface area contributed by atoms with Crippen LogP contribution in [0.2, 0.25) is 0 Å². The molecule has 0 fully saturated rings. The Morgan fingerprint density at radius 2 is 1.52 bits per heavy atom. The van der Waals surface area contributed by atoms with E-state index in [4.69, 9.17) is 25.8 Å². The summed E-state index contributed by atoms with van der Waals surface area (Å²) in [6.07, 6.45) is -1.14. The van der Waals surface area contributed by atoms with Crippen molar-refractivity contribution >= 4 is 22.8 Å². The summed E-state index contributed by atoms with van der Waals surface area (Å²) >= 11 is 5.31. The van der Waals surface area contributed by atoms with Crippen molar-refractivity contribution in [3.8, 4) is 11.5 Å². The van der Waals surface area contributed by atoms with Gasteiger partial charge in [0.05, 0.1) is 14.2 Å². The monoisotopic (exact) mass is 334 g/mol. The van der Waals surface area contributed by atoms with Gasteiger partial charge in [0.2, 0.25) is 5.78 Å². The quantitative estimate of drug-likeness (QED) is 0.590. The Labute approximate surface area is 138 Å². The summed E-state index contributed by atoms with van der Waals surface area (Å²) in [6.45, 7) is 0. The number of methoxy groups -OCH3 is 2. The smallest absolute Gasteiger partial charge is 0.404 e. The van der Waals surface area contributed by atoms with E-state index >= 15 is 0 Å². The first-order valence-electron chi connectivity index (χ1n) is 6.73. The predicted molar refractivity (Wildman–Crippen MR) is 85.4 cm³/mol. The zero-order valence-electron chi connectivity index (χ0n) is 12.6. The van der Waals surface area contributed by atoms with E-state index in [2.05, 4.69) is 0 Å². The Balaban J connectivity index is 2.43. The molecule has 2 rings (SSSR count). The summed E-state index contributed by atoms with van der Waals surface area (Å²) in [5.41, 5.74) is -0.247. The van der Waals surface area contributed by atoms with E-state index in [1.807, 2.05) is 0 Å². The van der Waals surface area contributed by atoms with E-state index in [1.54, 1.807) is 48.5 Å². The molecule has 2 aromatic carbocycles. The Morgan fingerprint density at radius 1 is 0.957 bits per heavy atom. The van der Waals surface area contributed by atoms with Gasteiger partial charge >= 0.3 is 5.43 Å². The molecule has 0 N–H and O–H groups in total. The molecule has 6 heteroatoms. The normalized spacial score (nSPS) is 11.4. The van der Waals surface area contributed by atoms with E-state index in [0.29, 0.717) is 17.1 Å². The van der Waals surface area contributed by atoms with E-state index in [0.717, 1.165) is 0 Å². The van der Waals surface area contributed by atoms with Gasteiger partial charge < -0.3 is 14.2 Å². The Bertz CT molecular complexity index is 677. The highest BCUT2D eigenvalue weighted by atomic mass is 35.5. The predicted octanol–water partition coefficient (Wildman–Crippen LogP) is 4.00. The van der Waals surface area contributed by atoms with E-state index < -0.39 is 17.3 Å². The van der Waals surface area contributed by atoms with Crippen LogP contribution in [0.5, 0.6) is 11.5 Å². The minimum Gasteiger partial charge on any atom is -0.497 e. The summed E-state index contributed by atoms with van der Waals surface area (Å²) in [5, 5.41) is 0. The maximum Gasteiger partial charge on any atom is 0.404 e. The lowest BCUT2D eigenvalue weighted by molar-refractivity contribution is 0.0691. The average molecular weight is 335 g/mol. The number of carbonyl (C=O) groups is 2. The van der Waals surface area contributed by atoms with Crippen LogP contribution < -0.4 is 9.47 Å². The molecule has 0 bridgehead atoms. The third kappa shape index (κ3) is 4.23. The van der Waals surface area contributed by atoms with E-state index in [-0.39, 0.29) is 5.56 Å². The van der Waals surface area contributed by atoms with Gasteiger partial charge in [-0.1, -0.05) is 30.3 Å². The summed E-state index contributed by atoms with van der Waals surface area (Å²) in [4.78, 5) is 23.9. The molecule has 0 saturated carbocycles. The van der Waals surface area contributed by atoms with Crippen molar-refractivity contribution in [2.24, 2.45) is 0 Å². The van der Waals surface area contributed by atoms with Crippen LogP contribution in [0.25, 0.3) is 0 Å². The summed E-state index contributed by atoms with van der Waals surface area (Å²) in [5.74, 6) is 0.482. The SMILES string of the molecule is COc1cc(OC)cc(C(=O)C(OC(=O)Cl)c2ccccc2)c1. The number of benzene rings is 2. The van der Waals surface area contributed by atoms with Gasteiger partial charge in [-0.05, 0) is 12.1 Å². The van der Waals surface area contributed by atoms with E-state index in [9.17, 15) is 9.59 Å². The molecule has 0 radical (unpaired) electrons. The lowest BCUT2D eigenvalue weighted by Gasteiger charge is -2.16. The molecule has 0 amide bonds. The summed E-state index contributed by atoms with van der Waals surface area (Å²) in [6, 6.07) is 13.4. The number of ketones is 1. The fraction of sp³-hybridized carbons (Fsp3) is 0.176. The molecule has 0 spiro atoms. The third-order valence-corrected chi connectivity index (χ3v) is 3.28. The van der Waals surface area contributed by atoms with Gasteiger partial charge in [0.1, 0.15) is 11.5 Å². The van der Waals surface area contributed by atoms with Crippen LogP contribution in [0.15, 0.2) is 48.5 Å². The van der Waals surface area contributed by atoms with Crippen LogP contribution in [-0.2, 0) is 4.74 Å². The van der Waals surface area contributed by atoms with Gasteiger partial charge in [-0.3, -0.25) is 4.79 Å². The molecular formula is C17H15ClO5. The number of Topliss-reactive ketones (excluding diaryl/α,β-unsaturated/α-hetero) is 1. The van der Waals surface area contributed by atoms with Gasteiger partial charge in [-0.15, -0.1) is 0 Å². The molecule has 1 unspecified atom stereocenters. The van der Waals surface area contributed by atoms with Crippen LogP contribution in [0.3, 0.4) is 0 Å². The summed E-state index contributed by atoms with van der Waals surface area (Å²) < 4.78 is 15.3. The molecule has 23 heavy (non-hydrogen) atoms. The highest BCUT2D eigenvalue weighted by Gasteiger charge is 2.26. The molecule has 0 saturated heterocycles. The van der Waals surface area contributed by atoms with Crippen LogP contribution >= 0.6 is 11.6 Å². The topological polar surface area (TPSA) is 61.8 Å². The van der Waals surface area contributed by atoms with Crippen molar-refractivity contribution in [3.63, 3.8) is 0 Å². The van der Waals surface area contributed by atoms with E-state index in [1.165, 1.54) is 14.2 Å². The minimum absolute atomic E-state index is 0.285. The van der Waals surface area contributed by atoms with Gasteiger partial charge in [-0.2, -0.15) is 0 Å². The lowest BCUT2D eigenvalue weighted by atomic mass is 9.99. The molecule has 0 aromatic heterocycles. The fourth-order valence-electron chi connectivity index (χ4n) is 2.09. The molecule has 120 valence electrons. The van der Waals surface area contributed by atoms with Crippen molar-refractivity contribution in [3.05, 3.63) is 59.7 Å².